The minimum absolute atomic E-state index is 0.116. The van der Waals surface area contributed by atoms with Crippen LogP contribution < -0.4 is 5.32 Å². The standard InChI is InChI=1S/C11H20F3NO/c1-8(2)7-15-9-3-5-10(16,6-4-9)11(12,13)14/h8-9,15-16H,3-7H2,1-2H3. The van der Waals surface area contributed by atoms with Crippen molar-refractivity contribution in [1.82, 2.24) is 5.32 Å². The van der Waals surface area contributed by atoms with Gasteiger partial charge in [-0.05, 0) is 38.1 Å². The fourth-order valence-corrected chi connectivity index (χ4v) is 1.99. The van der Waals surface area contributed by atoms with Gasteiger partial charge in [0.2, 0.25) is 0 Å². The highest BCUT2D eigenvalue weighted by Gasteiger charge is 2.54. The van der Waals surface area contributed by atoms with Crippen molar-refractivity contribution in [3.8, 4) is 0 Å². The Hall–Kier alpha value is -0.290. The van der Waals surface area contributed by atoms with Crippen LogP contribution >= 0.6 is 0 Å². The van der Waals surface area contributed by atoms with E-state index in [0.717, 1.165) is 6.54 Å². The van der Waals surface area contributed by atoms with Crippen LogP contribution in [0.15, 0.2) is 0 Å². The van der Waals surface area contributed by atoms with E-state index in [-0.39, 0.29) is 18.9 Å². The molecule has 0 atom stereocenters. The van der Waals surface area contributed by atoms with Crippen LogP contribution in [-0.4, -0.2) is 29.5 Å². The predicted molar refractivity (Wildman–Crippen MR) is 56.1 cm³/mol. The van der Waals surface area contributed by atoms with Crippen molar-refractivity contribution >= 4 is 0 Å². The van der Waals surface area contributed by atoms with E-state index in [1.165, 1.54) is 0 Å². The molecule has 1 saturated carbocycles. The molecule has 0 heterocycles. The van der Waals surface area contributed by atoms with Gasteiger partial charge in [0.15, 0.2) is 5.60 Å². The van der Waals surface area contributed by atoms with Gasteiger partial charge in [-0.25, -0.2) is 0 Å². The van der Waals surface area contributed by atoms with Gasteiger partial charge < -0.3 is 10.4 Å². The molecule has 2 N–H and O–H groups in total. The van der Waals surface area contributed by atoms with Gasteiger partial charge in [-0.15, -0.1) is 0 Å². The molecule has 1 aliphatic rings. The molecule has 0 radical (unpaired) electrons. The van der Waals surface area contributed by atoms with Crippen LogP contribution in [0.3, 0.4) is 0 Å². The molecule has 16 heavy (non-hydrogen) atoms. The van der Waals surface area contributed by atoms with Crippen molar-refractivity contribution in [1.29, 1.82) is 0 Å². The number of nitrogens with one attached hydrogen (secondary N) is 1. The van der Waals surface area contributed by atoms with Crippen LogP contribution in [0, 0.1) is 5.92 Å². The summed E-state index contributed by atoms with van der Waals surface area (Å²) in [4.78, 5) is 0. The second-order valence-corrected chi connectivity index (χ2v) is 5.11. The number of alkyl halides is 3. The fraction of sp³-hybridized carbons (Fsp3) is 1.00. The van der Waals surface area contributed by atoms with Crippen LogP contribution in [0.1, 0.15) is 39.5 Å². The highest BCUT2D eigenvalue weighted by molar-refractivity contribution is 4.93. The molecule has 0 aromatic heterocycles. The Kier molecular flexibility index (Phi) is 4.23. The van der Waals surface area contributed by atoms with Gasteiger partial charge in [0.1, 0.15) is 0 Å². The maximum absolute atomic E-state index is 12.5. The lowest BCUT2D eigenvalue weighted by Crippen LogP contribution is -2.50. The first-order valence-electron chi connectivity index (χ1n) is 5.77. The Morgan fingerprint density at radius 2 is 1.81 bits per heavy atom. The lowest BCUT2D eigenvalue weighted by molar-refractivity contribution is -0.270. The summed E-state index contributed by atoms with van der Waals surface area (Å²) < 4.78 is 37.5. The zero-order valence-electron chi connectivity index (χ0n) is 9.77. The lowest BCUT2D eigenvalue weighted by Gasteiger charge is -2.37. The third-order valence-corrected chi connectivity index (χ3v) is 3.16. The first kappa shape index (κ1) is 13.8. The van der Waals surface area contributed by atoms with Crippen molar-refractivity contribution in [3.05, 3.63) is 0 Å². The topological polar surface area (TPSA) is 32.3 Å². The molecule has 0 saturated heterocycles. The Labute approximate surface area is 94.2 Å². The third-order valence-electron chi connectivity index (χ3n) is 3.16. The third kappa shape index (κ3) is 3.35. The molecular formula is C11H20F3NO. The van der Waals surface area contributed by atoms with Crippen LogP contribution in [0.25, 0.3) is 0 Å². The second kappa shape index (κ2) is 4.92. The van der Waals surface area contributed by atoms with Gasteiger partial charge in [0, 0.05) is 6.04 Å². The van der Waals surface area contributed by atoms with Gasteiger partial charge >= 0.3 is 6.18 Å². The molecule has 0 aromatic rings. The zero-order chi connectivity index (χ0) is 12.4. The maximum Gasteiger partial charge on any atom is 0.417 e. The highest BCUT2D eigenvalue weighted by atomic mass is 19.4. The minimum atomic E-state index is -4.49. The largest absolute Gasteiger partial charge is 0.417 e. The molecule has 96 valence electrons. The number of halogens is 3. The summed E-state index contributed by atoms with van der Waals surface area (Å²) >= 11 is 0. The molecule has 0 bridgehead atoms. The normalized spacial score (nSPS) is 32.1. The van der Waals surface area contributed by atoms with Gasteiger partial charge in [-0.1, -0.05) is 13.8 Å². The molecule has 0 spiro atoms. The number of hydrogen-bond acceptors (Lipinski definition) is 2. The second-order valence-electron chi connectivity index (χ2n) is 5.11. The van der Waals surface area contributed by atoms with Gasteiger partial charge in [0.05, 0.1) is 0 Å². The van der Waals surface area contributed by atoms with Crippen molar-refractivity contribution in [2.45, 2.75) is 57.3 Å². The maximum atomic E-state index is 12.5. The van der Waals surface area contributed by atoms with E-state index in [1.54, 1.807) is 0 Å². The van der Waals surface area contributed by atoms with Crippen LogP contribution in [0.5, 0.6) is 0 Å². The predicted octanol–water partition coefficient (Wildman–Crippen LogP) is 2.47. The molecule has 1 fully saturated rings. The van der Waals surface area contributed by atoms with E-state index < -0.39 is 11.8 Å². The smallest absolute Gasteiger partial charge is 0.380 e. The van der Waals surface area contributed by atoms with Crippen LogP contribution in [-0.2, 0) is 0 Å². The lowest BCUT2D eigenvalue weighted by atomic mass is 9.81. The van der Waals surface area contributed by atoms with Gasteiger partial charge in [0.25, 0.3) is 0 Å². The molecule has 0 aromatic carbocycles. The zero-order valence-corrected chi connectivity index (χ0v) is 9.77. The average molecular weight is 239 g/mol. The summed E-state index contributed by atoms with van der Waals surface area (Å²) in [7, 11) is 0. The van der Waals surface area contributed by atoms with Crippen LogP contribution in [0.4, 0.5) is 13.2 Å². The van der Waals surface area contributed by atoms with Crippen LogP contribution in [0.2, 0.25) is 0 Å². The van der Waals surface area contributed by atoms with E-state index in [1.807, 2.05) is 0 Å². The summed E-state index contributed by atoms with van der Waals surface area (Å²) in [6, 6.07) is 0.116. The summed E-state index contributed by atoms with van der Waals surface area (Å²) in [6.45, 7) is 4.93. The van der Waals surface area contributed by atoms with Gasteiger partial charge in [-0.3, -0.25) is 0 Å². The monoisotopic (exact) mass is 239 g/mol. The van der Waals surface area contributed by atoms with Crippen molar-refractivity contribution in [2.24, 2.45) is 5.92 Å². The Balaban J connectivity index is 2.39. The Morgan fingerprint density at radius 3 is 2.19 bits per heavy atom. The first-order valence-corrected chi connectivity index (χ1v) is 5.77. The summed E-state index contributed by atoms with van der Waals surface area (Å²) in [6.07, 6.45) is -4.08. The molecule has 1 aliphatic carbocycles. The molecular weight excluding hydrogens is 219 g/mol. The Morgan fingerprint density at radius 1 is 1.31 bits per heavy atom. The van der Waals surface area contributed by atoms with Crippen molar-refractivity contribution in [2.75, 3.05) is 6.54 Å². The first-order chi connectivity index (χ1) is 7.24. The number of rotatable bonds is 3. The highest BCUT2D eigenvalue weighted by Crippen LogP contribution is 2.41. The van der Waals surface area contributed by atoms with Gasteiger partial charge in [-0.2, -0.15) is 13.2 Å². The SMILES string of the molecule is CC(C)CNC1CCC(O)(C(F)(F)F)CC1. The van der Waals surface area contributed by atoms with E-state index in [9.17, 15) is 18.3 Å². The summed E-state index contributed by atoms with van der Waals surface area (Å²) in [5, 5.41) is 12.7. The van der Waals surface area contributed by atoms with Crippen molar-refractivity contribution in [3.63, 3.8) is 0 Å². The van der Waals surface area contributed by atoms with E-state index in [4.69, 9.17) is 0 Å². The summed E-state index contributed by atoms with van der Waals surface area (Å²) in [5.74, 6) is 0.489. The molecule has 1 rings (SSSR count). The number of hydrogen-bond donors (Lipinski definition) is 2. The Bertz CT molecular complexity index is 220. The minimum Gasteiger partial charge on any atom is -0.380 e. The molecule has 5 heteroatoms. The van der Waals surface area contributed by atoms with E-state index >= 15 is 0 Å². The summed E-state index contributed by atoms with van der Waals surface area (Å²) in [5.41, 5.74) is -2.46. The van der Waals surface area contributed by atoms with E-state index in [0.29, 0.717) is 18.8 Å². The number of aliphatic hydroxyl groups is 1. The van der Waals surface area contributed by atoms with E-state index in [2.05, 4.69) is 19.2 Å². The fourth-order valence-electron chi connectivity index (χ4n) is 1.99. The molecule has 2 nitrogen and oxygen atoms in total. The molecule has 0 amide bonds. The quantitative estimate of drug-likeness (QED) is 0.793. The molecule has 0 aliphatic heterocycles. The average Bonchev–Trinajstić information content (AvgIpc) is 2.15. The molecule has 0 unspecified atom stereocenters. The van der Waals surface area contributed by atoms with Crippen molar-refractivity contribution < 1.29 is 18.3 Å².